The van der Waals surface area contributed by atoms with Crippen LogP contribution in [0.3, 0.4) is 0 Å². The fraction of sp³-hybridized carbons (Fsp3) is 0.357. The molecule has 17 heavy (non-hydrogen) atoms. The molecule has 0 unspecified atom stereocenters. The first-order valence-electron chi connectivity index (χ1n) is 5.96. The second kappa shape index (κ2) is 5.15. The van der Waals surface area contributed by atoms with Crippen molar-refractivity contribution in [3.05, 3.63) is 41.5 Å². The van der Waals surface area contributed by atoms with Gasteiger partial charge in [-0.05, 0) is 30.2 Å². The minimum Gasteiger partial charge on any atom is -0.478 e. The van der Waals surface area contributed by atoms with E-state index in [1.165, 1.54) is 0 Å². The lowest BCUT2D eigenvalue weighted by atomic mass is 9.95. The number of benzene rings is 1. The van der Waals surface area contributed by atoms with Gasteiger partial charge < -0.3 is 5.11 Å². The maximum absolute atomic E-state index is 11.1. The van der Waals surface area contributed by atoms with Crippen molar-refractivity contribution >= 4 is 11.5 Å². The lowest BCUT2D eigenvalue weighted by molar-refractivity contribution is 0.0696. The summed E-state index contributed by atoms with van der Waals surface area (Å²) in [5.41, 5.74) is 2.44. The number of hydrogen-bond acceptors (Lipinski definition) is 2. The summed E-state index contributed by atoms with van der Waals surface area (Å²) >= 11 is 0. The van der Waals surface area contributed by atoms with Gasteiger partial charge in [0, 0.05) is 13.1 Å². The van der Waals surface area contributed by atoms with E-state index in [-0.39, 0.29) is 0 Å². The molecule has 1 aromatic carbocycles. The van der Waals surface area contributed by atoms with E-state index in [2.05, 4.69) is 17.9 Å². The van der Waals surface area contributed by atoms with Gasteiger partial charge >= 0.3 is 5.97 Å². The molecule has 1 aliphatic heterocycles. The Labute approximate surface area is 101 Å². The minimum absolute atomic E-state index is 0.406. The first kappa shape index (κ1) is 11.9. The van der Waals surface area contributed by atoms with Crippen LogP contribution >= 0.6 is 0 Å². The fourth-order valence-corrected chi connectivity index (χ4v) is 2.19. The molecule has 3 nitrogen and oxygen atoms in total. The highest BCUT2D eigenvalue weighted by atomic mass is 16.4. The Bertz CT molecular complexity index is 451. The zero-order chi connectivity index (χ0) is 12.3. The van der Waals surface area contributed by atoms with Crippen molar-refractivity contribution in [2.24, 2.45) is 0 Å². The molecule has 2 rings (SSSR count). The monoisotopic (exact) mass is 231 g/mol. The van der Waals surface area contributed by atoms with Gasteiger partial charge in [0.25, 0.3) is 0 Å². The maximum atomic E-state index is 11.1. The first-order valence-corrected chi connectivity index (χ1v) is 5.96. The standard InChI is InChI=1S/C14H17NO2/c1-2-15-9-7-11(8-10-15)12-5-3-4-6-13(12)14(16)17/h3-7H,2,8-10H2,1H3,(H,16,17). The Morgan fingerprint density at radius 3 is 2.76 bits per heavy atom. The van der Waals surface area contributed by atoms with Crippen LogP contribution in [0.1, 0.15) is 29.3 Å². The van der Waals surface area contributed by atoms with Crippen molar-refractivity contribution in [1.82, 2.24) is 4.90 Å². The second-order valence-corrected chi connectivity index (χ2v) is 4.22. The van der Waals surface area contributed by atoms with Gasteiger partial charge in [0.15, 0.2) is 0 Å². The summed E-state index contributed by atoms with van der Waals surface area (Å²) in [6.45, 7) is 5.12. The third kappa shape index (κ3) is 2.56. The van der Waals surface area contributed by atoms with Crippen LogP contribution in [-0.4, -0.2) is 35.6 Å². The molecule has 0 saturated heterocycles. The Kier molecular flexibility index (Phi) is 3.59. The number of carboxylic acids is 1. The maximum Gasteiger partial charge on any atom is 0.336 e. The number of carbonyl (C=O) groups is 1. The Hall–Kier alpha value is -1.61. The van der Waals surface area contributed by atoms with Crippen LogP contribution in [-0.2, 0) is 0 Å². The highest BCUT2D eigenvalue weighted by Crippen LogP contribution is 2.25. The lowest BCUT2D eigenvalue weighted by Gasteiger charge is -2.25. The van der Waals surface area contributed by atoms with Gasteiger partial charge in [-0.1, -0.05) is 31.2 Å². The lowest BCUT2D eigenvalue weighted by Crippen LogP contribution is -2.28. The second-order valence-electron chi connectivity index (χ2n) is 4.22. The summed E-state index contributed by atoms with van der Waals surface area (Å²) in [5.74, 6) is -0.848. The topological polar surface area (TPSA) is 40.5 Å². The van der Waals surface area contributed by atoms with E-state index in [1.54, 1.807) is 12.1 Å². The van der Waals surface area contributed by atoms with E-state index in [1.807, 2.05) is 12.1 Å². The van der Waals surface area contributed by atoms with E-state index in [9.17, 15) is 4.79 Å². The predicted molar refractivity (Wildman–Crippen MR) is 68.1 cm³/mol. The summed E-state index contributed by atoms with van der Waals surface area (Å²) in [7, 11) is 0. The van der Waals surface area contributed by atoms with E-state index in [0.717, 1.165) is 37.2 Å². The third-order valence-electron chi connectivity index (χ3n) is 3.24. The van der Waals surface area contributed by atoms with E-state index in [0.29, 0.717) is 5.56 Å². The van der Waals surface area contributed by atoms with Crippen molar-refractivity contribution in [3.8, 4) is 0 Å². The molecule has 3 heteroatoms. The van der Waals surface area contributed by atoms with Gasteiger partial charge in [-0.3, -0.25) is 4.90 Å². The molecule has 1 heterocycles. The van der Waals surface area contributed by atoms with Crippen molar-refractivity contribution in [1.29, 1.82) is 0 Å². The summed E-state index contributed by atoms with van der Waals surface area (Å²) < 4.78 is 0. The van der Waals surface area contributed by atoms with Crippen LogP contribution in [0.4, 0.5) is 0 Å². The van der Waals surface area contributed by atoms with E-state index >= 15 is 0 Å². The van der Waals surface area contributed by atoms with Gasteiger partial charge in [-0.25, -0.2) is 4.79 Å². The number of nitrogens with zero attached hydrogens (tertiary/aromatic N) is 1. The molecule has 0 aromatic heterocycles. The smallest absolute Gasteiger partial charge is 0.336 e. The molecular weight excluding hydrogens is 214 g/mol. The molecule has 1 aliphatic rings. The van der Waals surface area contributed by atoms with E-state index in [4.69, 9.17) is 5.11 Å². The van der Waals surface area contributed by atoms with Crippen LogP contribution in [0.15, 0.2) is 30.3 Å². The molecule has 0 fully saturated rings. The quantitative estimate of drug-likeness (QED) is 0.868. The van der Waals surface area contributed by atoms with Crippen LogP contribution in [0, 0.1) is 0 Å². The summed E-state index contributed by atoms with van der Waals surface area (Å²) in [6.07, 6.45) is 3.08. The average molecular weight is 231 g/mol. The SMILES string of the molecule is CCN1CC=C(c2ccccc2C(=O)O)CC1. The normalized spacial score (nSPS) is 16.6. The molecule has 0 aliphatic carbocycles. The van der Waals surface area contributed by atoms with Crippen molar-refractivity contribution in [3.63, 3.8) is 0 Å². The third-order valence-corrected chi connectivity index (χ3v) is 3.24. The predicted octanol–water partition coefficient (Wildman–Crippen LogP) is 2.49. The minimum atomic E-state index is -0.848. The van der Waals surface area contributed by atoms with Crippen LogP contribution in [0.2, 0.25) is 0 Å². The molecule has 1 N–H and O–H groups in total. The number of carboxylic acid groups (broad SMARTS) is 1. The van der Waals surface area contributed by atoms with Crippen LogP contribution in [0.5, 0.6) is 0 Å². The Balaban J connectivity index is 2.29. The number of rotatable bonds is 3. The molecule has 0 spiro atoms. The highest BCUT2D eigenvalue weighted by molar-refractivity contribution is 5.94. The Morgan fingerprint density at radius 2 is 2.18 bits per heavy atom. The van der Waals surface area contributed by atoms with Gasteiger partial charge in [0.1, 0.15) is 0 Å². The molecule has 0 saturated carbocycles. The molecule has 0 bridgehead atoms. The number of hydrogen-bond donors (Lipinski definition) is 1. The zero-order valence-corrected chi connectivity index (χ0v) is 10.0. The van der Waals surface area contributed by atoms with Gasteiger partial charge in [0.05, 0.1) is 5.56 Å². The Morgan fingerprint density at radius 1 is 1.41 bits per heavy atom. The molecule has 0 amide bonds. The van der Waals surface area contributed by atoms with Gasteiger partial charge in [-0.15, -0.1) is 0 Å². The largest absolute Gasteiger partial charge is 0.478 e. The first-order chi connectivity index (χ1) is 8.22. The molecule has 90 valence electrons. The number of aromatic carboxylic acids is 1. The average Bonchev–Trinajstić information content (AvgIpc) is 2.39. The molecule has 0 radical (unpaired) electrons. The number of likely N-dealkylation sites (N-methyl/N-ethyl adjacent to an activating group) is 1. The zero-order valence-electron chi connectivity index (χ0n) is 10.0. The highest BCUT2D eigenvalue weighted by Gasteiger charge is 2.16. The molecular formula is C14H17NO2. The van der Waals surface area contributed by atoms with Crippen LogP contribution < -0.4 is 0 Å². The van der Waals surface area contributed by atoms with Crippen LogP contribution in [0.25, 0.3) is 5.57 Å². The van der Waals surface area contributed by atoms with Crippen molar-refractivity contribution in [2.75, 3.05) is 19.6 Å². The molecule has 0 atom stereocenters. The van der Waals surface area contributed by atoms with E-state index < -0.39 is 5.97 Å². The summed E-state index contributed by atoms with van der Waals surface area (Å²) in [4.78, 5) is 13.5. The van der Waals surface area contributed by atoms with Gasteiger partial charge in [0.2, 0.25) is 0 Å². The summed E-state index contributed by atoms with van der Waals surface area (Å²) in [6, 6.07) is 7.24. The molecule has 1 aromatic rings. The summed E-state index contributed by atoms with van der Waals surface area (Å²) in [5, 5.41) is 9.16. The fourth-order valence-electron chi connectivity index (χ4n) is 2.19. The van der Waals surface area contributed by atoms with Crippen molar-refractivity contribution < 1.29 is 9.90 Å². The van der Waals surface area contributed by atoms with Gasteiger partial charge in [-0.2, -0.15) is 0 Å². The van der Waals surface area contributed by atoms with Crippen molar-refractivity contribution in [2.45, 2.75) is 13.3 Å².